The lowest BCUT2D eigenvalue weighted by Crippen LogP contribution is -2.10. The number of hydrogen-bond donors (Lipinski definition) is 1. The molecule has 0 radical (unpaired) electrons. The lowest BCUT2D eigenvalue weighted by molar-refractivity contribution is 0.0867. The minimum atomic E-state index is -0.446. The van der Waals surface area contributed by atoms with Crippen LogP contribution in [0.25, 0.3) is 0 Å². The van der Waals surface area contributed by atoms with Crippen molar-refractivity contribution in [1.29, 1.82) is 0 Å². The van der Waals surface area contributed by atoms with Crippen LogP contribution in [0, 0.1) is 0 Å². The SMILES string of the molecule is CONCc1ccc(CF)c(Br)c1. The van der Waals surface area contributed by atoms with Gasteiger partial charge >= 0.3 is 0 Å². The van der Waals surface area contributed by atoms with Gasteiger partial charge in [-0.1, -0.05) is 28.1 Å². The highest BCUT2D eigenvalue weighted by Crippen LogP contribution is 2.19. The van der Waals surface area contributed by atoms with E-state index in [1.807, 2.05) is 12.1 Å². The Labute approximate surface area is 85.2 Å². The molecule has 0 fully saturated rings. The molecule has 1 aromatic carbocycles. The molecule has 13 heavy (non-hydrogen) atoms. The Bertz CT molecular complexity index is 280. The van der Waals surface area contributed by atoms with E-state index in [4.69, 9.17) is 4.84 Å². The highest BCUT2D eigenvalue weighted by atomic mass is 79.9. The topological polar surface area (TPSA) is 21.3 Å². The molecule has 2 nitrogen and oxygen atoms in total. The van der Waals surface area contributed by atoms with E-state index in [-0.39, 0.29) is 0 Å². The molecule has 0 saturated heterocycles. The molecule has 0 unspecified atom stereocenters. The van der Waals surface area contributed by atoms with Gasteiger partial charge in [0.05, 0.1) is 7.11 Å². The van der Waals surface area contributed by atoms with Crippen molar-refractivity contribution in [3.63, 3.8) is 0 Å². The molecule has 1 N–H and O–H groups in total. The van der Waals surface area contributed by atoms with Crippen LogP contribution in [-0.2, 0) is 18.1 Å². The first kappa shape index (κ1) is 10.6. The van der Waals surface area contributed by atoms with Crippen LogP contribution in [0.1, 0.15) is 11.1 Å². The maximum Gasteiger partial charge on any atom is 0.116 e. The molecule has 1 rings (SSSR count). The van der Waals surface area contributed by atoms with Crippen LogP contribution in [0.4, 0.5) is 4.39 Å². The Balaban J connectivity index is 2.71. The van der Waals surface area contributed by atoms with E-state index in [1.54, 1.807) is 13.2 Å². The molecule has 4 heteroatoms. The van der Waals surface area contributed by atoms with Gasteiger partial charge < -0.3 is 4.84 Å². The zero-order valence-electron chi connectivity index (χ0n) is 7.31. The van der Waals surface area contributed by atoms with Gasteiger partial charge in [0.15, 0.2) is 0 Å². The number of nitrogens with one attached hydrogen (secondary N) is 1. The van der Waals surface area contributed by atoms with E-state index in [2.05, 4.69) is 21.4 Å². The van der Waals surface area contributed by atoms with Crippen molar-refractivity contribution >= 4 is 15.9 Å². The molecule has 0 saturated carbocycles. The quantitative estimate of drug-likeness (QED) is 0.827. The summed E-state index contributed by atoms with van der Waals surface area (Å²) in [5.74, 6) is 0. The second kappa shape index (κ2) is 5.32. The summed E-state index contributed by atoms with van der Waals surface area (Å²) in [6.07, 6.45) is 0. The Hall–Kier alpha value is -0.450. The Morgan fingerprint density at radius 2 is 2.31 bits per heavy atom. The molecular weight excluding hydrogens is 237 g/mol. The predicted molar refractivity (Wildman–Crippen MR) is 52.8 cm³/mol. The van der Waals surface area contributed by atoms with E-state index in [0.717, 1.165) is 10.0 Å². The summed E-state index contributed by atoms with van der Waals surface area (Å²) in [4.78, 5) is 4.70. The molecule has 0 amide bonds. The van der Waals surface area contributed by atoms with E-state index < -0.39 is 6.67 Å². The van der Waals surface area contributed by atoms with Crippen LogP contribution in [0.15, 0.2) is 22.7 Å². The van der Waals surface area contributed by atoms with Gasteiger partial charge in [-0.05, 0) is 17.2 Å². The van der Waals surface area contributed by atoms with Crippen LogP contribution in [0.2, 0.25) is 0 Å². The van der Waals surface area contributed by atoms with Gasteiger partial charge in [-0.15, -0.1) is 0 Å². The lowest BCUT2D eigenvalue weighted by Gasteiger charge is -2.04. The lowest BCUT2D eigenvalue weighted by atomic mass is 10.1. The molecule has 1 aromatic rings. The summed E-state index contributed by atoms with van der Waals surface area (Å²) in [5.41, 5.74) is 4.43. The number of benzene rings is 1. The molecule has 0 aliphatic heterocycles. The number of halogens is 2. The van der Waals surface area contributed by atoms with Gasteiger partial charge in [-0.25, -0.2) is 4.39 Å². The van der Waals surface area contributed by atoms with Crippen LogP contribution in [0.3, 0.4) is 0 Å². The van der Waals surface area contributed by atoms with E-state index in [9.17, 15) is 4.39 Å². The second-order valence-electron chi connectivity index (χ2n) is 2.58. The fourth-order valence-corrected chi connectivity index (χ4v) is 1.50. The zero-order chi connectivity index (χ0) is 9.68. The van der Waals surface area contributed by atoms with Crippen LogP contribution in [0.5, 0.6) is 0 Å². The third-order valence-electron chi connectivity index (χ3n) is 1.68. The molecule has 72 valence electrons. The van der Waals surface area contributed by atoms with Gasteiger partial charge in [0.1, 0.15) is 6.67 Å². The monoisotopic (exact) mass is 247 g/mol. The van der Waals surface area contributed by atoms with Crippen molar-refractivity contribution in [3.8, 4) is 0 Å². The minimum absolute atomic E-state index is 0.446. The highest BCUT2D eigenvalue weighted by molar-refractivity contribution is 9.10. The fraction of sp³-hybridized carbons (Fsp3) is 0.333. The van der Waals surface area contributed by atoms with Crippen molar-refractivity contribution in [2.24, 2.45) is 0 Å². The summed E-state index contributed by atoms with van der Waals surface area (Å²) in [6, 6.07) is 5.50. The zero-order valence-corrected chi connectivity index (χ0v) is 8.90. The van der Waals surface area contributed by atoms with Crippen molar-refractivity contribution in [2.75, 3.05) is 7.11 Å². The smallest absolute Gasteiger partial charge is 0.116 e. The number of hydrogen-bond acceptors (Lipinski definition) is 2. The van der Waals surface area contributed by atoms with E-state index in [0.29, 0.717) is 12.1 Å². The summed E-state index contributed by atoms with van der Waals surface area (Å²) in [6.45, 7) is 0.167. The van der Waals surface area contributed by atoms with Crippen molar-refractivity contribution in [3.05, 3.63) is 33.8 Å². The van der Waals surface area contributed by atoms with E-state index in [1.165, 1.54) is 0 Å². The molecule has 0 aliphatic carbocycles. The Morgan fingerprint density at radius 1 is 1.54 bits per heavy atom. The van der Waals surface area contributed by atoms with E-state index >= 15 is 0 Å². The summed E-state index contributed by atoms with van der Waals surface area (Å²) < 4.78 is 13.1. The van der Waals surface area contributed by atoms with Crippen molar-refractivity contribution < 1.29 is 9.23 Å². The predicted octanol–water partition coefficient (Wildman–Crippen LogP) is 2.57. The average Bonchev–Trinajstić information content (AvgIpc) is 2.15. The summed E-state index contributed by atoms with van der Waals surface area (Å²) >= 11 is 3.29. The molecule has 0 spiro atoms. The molecule has 0 atom stereocenters. The minimum Gasteiger partial charge on any atom is -0.305 e. The van der Waals surface area contributed by atoms with Crippen LogP contribution in [-0.4, -0.2) is 7.11 Å². The standard InChI is InChI=1S/C9H11BrFNO/c1-13-12-6-7-2-3-8(5-11)9(10)4-7/h2-4,12H,5-6H2,1H3. The number of hydroxylamine groups is 1. The number of rotatable bonds is 4. The summed E-state index contributed by atoms with van der Waals surface area (Å²) in [7, 11) is 1.56. The third kappa shape index (κ3) is 3.06. The van der Waals surface area contributed by atoms with Gasteiger partial charge in [-0.2, -0.15) is 5.48 Å². The van der Waals surface area contributed by atoms with Crippen LogP contribution >= 0.6 is 15.9 Å². The molecule has 0 bridgehead atoms. The van der Waals surface area contributed by atoms with Crippen LogP contribution < -0.4 is 5.48 Å². The fourth-order valence-electron chi connectivity index (χ4n) is 0.965. The number of alkyl halides is 1. The molecule has 0 aromatic heterocycles. The molecule has 0 aliphatic rings. The maximum absolute atomic E-state index is 12.3. The Kier molecular flexibility index (Phi) is 4.35. The van der Waals surface area contributed by atoms with Crippen molar-refractivity contribution in [2.45, 2.75) is 13.2 Å². The second-order valence-corrected chi connectivity index (χ2v) is 3.44. The first-order chi connectivity index (χ1) is 6.27. The highest BCUT2D eigenvalue weighted by Gasteiger charge is 2.00. The summed E-state index contributed by atoms with van der Waals surface area (Å²) in [5, 5.41) is 0. The maximum atomic E-state index is 12.3. The van der Waals surface area contributed by atoms with Gasteiger partial charge in [0, 0.05) is 11.0 Å². The molecular formula is C9H11BrFNO. The normalized spacial score (nSPS) is 10.4. The average molecular weight is 248 g/mol. The van der Waals surface area contributed by atoms with Gasteiger partial charge in [0.25, 0.3) is 0 Å². The third-order valence-corrected chi connectivity index (χ3v) is 2.42. The van der Waals surface area contributed by atoms with Gasteiger partial charge in [-0.3, -0.25) is 0 Å². The first-order valence-corrected chi connectivity index (χ1v) is 4.66. The van der Waals surface area contributed by atoms with Gasteiger partial charge in [0.2, 0.25) is 0 Å². The van der Waals surface area contributed by atoms with Crippen molar-refractivity contribution in [1.82, 2.24) is 5.48 Å². The Morgan fingerprint density at radius 3 is 2.85 bits per heavy atom. The molecule has 0 heterocycles. The largest absolute Gasteiger partial charge is 0.305 e. The first-order valence-electron chi connectivity index (χ1n) is 3.87.